The molecule has 1 amide bonds. The maximum Gasteiger partial charge on any atom is 0.253 e. The molecule has 98 valence electrons. The van der Waals surface area contributed by atoms with E-state index < -0.39 is 6.10 Å². The minimum Gasteiger partial charge on any atom is -0.389 e. The molecule has 1 aromatic carbocycles. The largest absolute Gasteiger partial charge is 0.389 e. The van der Waals surface area contributed by atoms with E-state index in [1.54, 1.807) is 19.1 Å². The molecule has 2 N–H and O–H groups in total. The maximum atomic E-state index is 12.0. The van der Waals surface area contributed by atoms with Gasteiger partial charge in [-0.2, -0.15) is 0 Å². The monoisotopic (exact) mass is 249 g/mol. The molecule has 1 heterocycles. The third-order valence-corrected chi connectivity index (χ3v) is 3.19. The highest BCUT2D eigenvalue weighted by atomic mass is 16.5. The van der Waals surface area contributed by atoms with Crippen LogP contribution in [0.25, 0.3) is 0 Å². The number of rotatable bonds is 3. The Morgan fingerprint density at radius 1 is 1.44 bits per heavy atom. The first-order chi connectivity index (χ1) is 8.58. The summed E-state index contributed by atoms with van der Waals surface area (Å²) in [5.41, 5.74) is 1.37. The number of hydrogen-bond donors (Lipinski definition) is 2. The highest BCUT2D eigenvalue weighted by Crippen LogP contribution is 2.24. The normalized spacial score (nSPS) is 24.8. The lowest BCUT2D eigenvalue weighted by atomic mass is 10.1. The van der Waals surface area contributed by atoms with Gasteiger partial charge in [-0.25, -0.2) is 0 Å². The fourth-order valence-corrected chi connectivity index (χ4v) is 2.18. The van der Waals surface area contributed by atoms with Crippen molar-refractivity contribution in [2.45, 2.75) is 45.0 Å². The van der Waals surface area contributed by atoms with Gasteiger partial charge in [0.2, 0.25) is 0 Å². The third kappa shape index (κ3) is 2.89. The van der Waals surface area contributed by atoms with Crippen LogP contribution >= 0.6 is 0 Å². The Hall–Kier alpha value is -1.39. The minimum atomic E-state index is -0.607. The standard InChI is InChI=1S/C14H19NO3/c1-9-7-8-13(18-9)14(17)15-12-6-4-3-5-11(12)10(2)16/h3-6,9-10,13,16H,7-8H2,1-2H3,(H,15,17). The number of aliphatic hydroxyl groups is 1. The van der Waals surface area contributed by atoms with Crippen molar-refractivity contribution in [3.63, 3.8) is 0 Å². The van der Waals surface area contributed by atoms with E-state index in [1.165, 1.54) is 0 Å². The van der Waals surface area contributed by atoms with Crippen LogP contribution in [-0.4, -0.2) is 23.2 Å². The number of para-hydroxylation sites is 1. The van der Waals surface area contributed by atoms with Gasteiger partial charge in [-0.3, -0.25) is 4.79 Å². The van der Waals surface area contributed by atoms with Crippen molar-refractivity contribution in [3.05, 3.63) is 29.8 Å². The van der Waals surface area contributed by atoms with Crippen molar-refractivity contribution in [2.24, 2.45) is 0 Å². The molecule has 0 bridgehead atoms. The van der Waals surface area contributed by atoms with Gasteiger partial charge < -0.3 is 15.2 Å². The fourth-order valence-electron chi connectivity index (χ4n) is 2.18. The van der Waals surface area contributed by atoms with Gasteiger partial charge >= 0.3 is 0 Å². The zero-order valence-corrected chi connectivity index (χ0v) is 10.7. The van der Waals surface area contributed by atoms with Crippen LogP contribution in [0.15, 0.2) is 24.3 Å². The Morgan fingerprint density at radius 2 is 2.17 bits per heavy atom. The van der Waals surface area contributed by atoms with Gasteiger partial charge in [0.1, 0.15) is 6.10 Å². The summed E-state index contributed by atoms with van der Waals surface area (Å²) in [5, 5.41) is 12.5. The zero-order valence-electron chi connectivity index (χ0n) is 10.7. The van der Waals surface area contributed by atoms with Crippen LogP contribution < -0.4 is 5.32 Å². The average molecular weight is 249 g/mol. The molecular formula is C14H19NO3. The number of benzene rings is 1. The number of carbonyl (C=O) groups is 1. The number of anilines is 1. The van der Waals surface area contributed by atoms with Crippen molar-refractivity contribution >= 4 is 11.6 Å². The van der Waals surface area contributed by atoms with Gasteiger partial charge in [-0.1, -0.05) is 18.2 Å². The Morgan fingerprint density at radius 3 is 2.78 bits per heavy atom. The van der Waals surface area contributed by atoms with E-state index in [0.29, 0.717) is 5.69 Å². The molecule has 0 radical (unpaired) electrons. The summed E-state index contributed by atoms with van der Waals surface area (Å²) >= 11 is 0. The Labute approximate surface area is 107 Å². The molecule has 0 aliphatic carbocycles. The summed E-state index contributed by atoms with van der Waals surface area (Å²) in [5.74, 6) is -0.132. The summed E-state index contributed by atoms with van der Waals surface area (Å²) in [6.07, 6.45) is 0.833. The zero-order chi connectivity index (χ0) is 13.1. The molecule has 1 aliphatic heterocycles. The first kappa shape index (κ1) is 13.1. The van der Waals surface area contributed by atoms with Crippen molar-refractivity contribution < 1.29 is 14.6 Å². The van der Waals surface area contributed by atoms with Crippen LogP contribution in [0.5, 0.6) is 0 Å². The average Bonchev–Trinajstić information content (AvgIpc) is 2.76. The molecule has 0 saturated carbocycles. The Bertz CT molecular complexity index is 431. The second kappa shape index (κ2) is 5.50. The van der Waals surface area contributed by atoms with E-state index in [-0.39, 0.29) is 18.1 Å². The number of carbonyl (C=O) groups excluding carboxylic acids is 1. The predicted molar refractivity (Wildman–Crippen MR) is 69.3 cm³/mol. The number of amides is 1. The summed E-state index contributed by atoms with van der Waals surface area (Å²) in [6.45, 7) is 3.65. The topological polar surface area (TPSA) is 58.6 Å². The molecule has 0 aromatic heterocycles. The van der Waals surface area contributed by atoms with Gasteiger partial charge in [-0.05, 0) is 32.8 Å². The van der Waals surface area contributed by atoms with Crippen molar-refractivity contribution in [1.82, 2.24) is 0 Å². The number of hydrogen-bond acceptors (Lipinski definition) is 3. The summed E-state index contributed by atoms with van der Waals surface area (Å²) in [7, 11) is 0. The first-order valence-corrected chi connectivity index (χ1v) is 6.31. The molecule has 0 spiro atoms. The molecular weight excluding hydrogens is 230 g/mol. The number of nitrogens with one attached hydrogen (secondary N) is 1. The molecule has 18 heavy (non-hydrogen) atoms. The van der Waals surface area contributed by atoms with E-state index in [4.69, 9.17) is 4.74 Å². The lowest BCUT2D eigenvalue weighted by Gasteiger charge is -2.15. The second-order valence-electron chi connectivity index (χ2n) is 4.77. The summed E-state index contributed by atoms with van der Waals surface area (Å²) < 4.78 is 5.52. The van der Waals surface area contributed by atoms with Gasteiger partial charge in [0.05, 0.1) is 12.2 Å². The lowest BCUT2D eigenvalue weighted by molar-refractivity contribution is -0.126. The molecule has 2 rings (SSSR count). The maximum absolute atomic E-state index is 12.0. The van der Waals surface area contributed by atoms with E-state index in [1.807, 2.05) is 19.1 Å². The number of aliphatic hydroxyl groups excluding tert-OH is 1. The van der Waals surface area contributed by atoms with Crippen LogP contribution in [0, 0.1) is 0 Å². The van der Waals surface area contributed by atoms with E-state index in [9.17, 15) is 9.90 Å². The van der Waals surface area contributed by atoms with Crippen LogP contribution in [0.3, 0.4) is 0 Å². The lowest BCUT2D eigenvalue weighted by Crippen LogP contribution is -2.28. The smallest absolute Gasteiger partial charge is 0.253 e. The summed E-state index contributed by atoms with van der Waals surface area (Å²) in [4.78, 5) is 12.0. The molecule has 3 unspecified atom stereocenters. The molecule has 4 nitrogen and oxygen atoms in total. The van der Waals surface area contributed by atoms with Crippen molar-refractivity contribution in [1.29, 1.82) is 0 Å². The fraction of sp³-hybridized carbons (Fsp3) is 0.500. The van der Waals surface area contributed by atoms with E-state index in [0.717, 1.165) is 18.4 Å². The molecule has 1 aromatic rings. The second-order valence-corrected chi connectivity index (χ2v) is 4.77. The highest BCUT2D eigenvalue weighted by Gasteiger charge is 2.28. The van der Waals surface area contributed by atoms with E-state index >= 15 is 0 Å². The van der Waals surface area contributed by atoms with Crippen LogP contribution in [0.1, 0.15) is 38.4 Å². The van der Waals surface area contributed by atoms with Gasteiger partial charge in [0.25, 0.3) is 5.91 Å². The Kier molecular flexibility index (Phi) is 3.99. The van der Waals surface area contributed by atoms with Crippen LogP contribution in [0.2, 0.25) is 0 Å². The van der Waals surface area contributed by atoms with Gasteiger partial charge in [-0.15, -0.1) is 0 Å². The van der Waals surface area contributed by atoms with Gasteiger partial charge in [0.15, 0.2) is 0 Å². The highest BCUT2D eigenvalue weighted by molar-refractivity contribution is 5.95. The molecule has 4 heteroatoms. The Balaban J connectivity index is 2.07. The molecule has 1 aliphatic rings. The van der Waals surface area contributed by atoms with E-state index in [2.05, 4.69) is 5.32 Å². The number of ether oxygens (including phenoxy) is 1. The van der Waals surface area contributed by atoms with Crippen molar-refractivity contribution in [2.75, 3.05) is 5.32 Å². The first-order valence-electron chi connectivity index (χ1n) is 6.31. The third-order valence-electron chi connectivity index (χ3n) is 3.19. The van der Waals surface area contributed by atoms with Crippen LogP contribution in [0.4, 0.5) is 5.69 Å². The van der Waals surface area contributed by atoms with Crippen molar-refractivity contribution in [3.8, 4) is 0 Å². The SMILES string of the molecule is CC1CCC(C(=O)Nc2ccccc2C(C)O)O1. The summed E-state index contributed by atoms with van der Waals surface area (Å²) in [6, 6.07) is 7.27. The van der Waals surface area contributed by atoms with Crippen LogP contribution in [-0.2, 0) is 9.53 Å². The quantitative estimate of drug-likeness (QED) is 0.863. The predicted octanol–water partition coefficient (Wildman–Crippen LogP) is 2.25. The van der Waals surface area contributed by atoms with Gasteiger partial charge in [0, 0.05) is 11.3 Å². The molecule has 1 saturated heterocycles. The molecule has 1 fully saturated rings. The molecule has 3 atom stereocenters. The minimum absolute atomic E-state index is 0.132.